The summed E-state index contributed by atoms with van der Waals surface area (Å²) in [6.45, 7) is 10.8. The number of nitrogen functional groups attached to an aromatic ring is 6. The number of hydrogen-bond acceptors (Lipinski definition) is 34. The molecule has 38 heteroatoms. The number of carbonyl (C=O) groups excluding carboxylic acids is 3. The molecular weight excluding hydrogens is 1880 g/mol. The number of rotatable bonds is 20. The molecule has 4 aliphatic heterocycles. The zero-order valence-electron chi connectivity index (χ0n) is 82.2. The Morgan fingerprint density at radius 2 is 0.865 bits per heavy atom. The van der Waals surface area contributed by atoms with Crippen molar-refractivity contribution in [2.45, 2.75) is 88.2 Å². The van der Waals surface area contributed by atoms with Crippen molar-refractivity contribution in [2.75, 3.05) is 119 Å². The van der Waals surface area contributed by atoms with Gasteiger partial charge in [0.1, 0.15) is 70.1 Å². The van der Waals surface area contributed by atoms with Crippen molar-refractivity contribution in [3.63, 3.8) is 0 Å². The average Bonchev–Trinajstić information content (AvgIpc) is 1.67. The highest BCUT2D eigenvalue weighted by Crippen LogP contribution is 2.41. The summed E-state index contributed by atoms with van der Waals surface area (Å²) in [6.07, 6.45) is 4.92. The van der Waals surface area contributed by atoms with Crippen molar-refractivity contribution in [3.05, 3.63) is 319 Å². The van der Waals surface area contributed by atoms with E-state index in [2.05, 4.69) is 88.3 Å². The molecule has 148 heavy (non-hydrogen) atoms. The molecule has 7 atom stereocenters. The Hall–Kier alpha value is -17.9. The monoisotopic (exact) mass is 1990 g/mol. The van der Waals surface area contributed by atoms with Gasteiger partial charge in [0, 0.05) is 157 Å². The quantitative estimate of drug-likeness (QED) is 0.0337. The van der Waals surface area contributed by atoms with Gasteiger partial charge in [-0.2, -0.15) is 0 Å². The second kappa shape index (κ2) is 48.9. The highest BCUT2D eigenvalue weighted by molar-refractivity contribution is 5.95. The van der Waals surface area contributed by atoms with E-state index in [1.807, 2.05) is 157 Å². The molecule has 0 spiro atoms. The number of aliphatic hydroxyl groups is 2. The Morgan fingerprint density at radius 3 is 1.34 bits per heavy atom. The first kappa shape index (κ1) is 104. The Balaban J connectivity index is 0.000000134. The van der Waals surface area contributed by atoms with E-state index in [9.17, 15) is 55.2 Å². The number of carbonyl (C=O) groups is 3. The standard InChI is InChI=1S/C22H23N5O2.C22H22N4O3.C19H19N3O3.C18H20N6O2.C15H18N4O.C14H16N4O/c1-15-14-26(11-12-27(15)22(29)16-7-3-2-4-8-16)19-13-18(24-25-21(19)23)17-9-5-6-10-20(17)28;23-21-20(13-18(24-25-21)17-10-4-5-11-19(17)27)29-16-9-6-12-26(14-16)22(28)15-7-2-1-3-8-15;20-19-14(18(25)17(24)10-12-6-2-1-3-7-12)11-15(21-22-19)13-8-4-5-9-16(13)23;1-11(18(26)23(2)3)24-9-15(20-10-24)13-8-14(21-22-17(13)19)12-6-4-5-7-16(12)25;1-19-7-6-10(9-19)12-8-13(17-18-15(12)16)11-4-2-3-5-14(11)20;15-14-11(9-5-6-16-8-9)7-12(17-18-14)10-3-1-2-4-13(10)19/h2-10,13,15,28H,11-12,14H2,1H3,(H2,23,25);1-5,7-8,10-11,13,16,27H,6,9,12,14H2,(H2,23,25);1-9,11,17-18,23-25H,10H2,(H2,20,22);4-11,25H,1-3H3,(H2,19,22);2-5,8,10,20H,6-7,9H2,1H3,(H2,16,18);1-4,7,9,16,19H,5-6,8H2,(H2,15,18)/t;;17-,18-;;;/m..1.../s1. The number of nitrogens with zero attached hydrogens (tertiary/aromatic N) is 19. The number of aromatic hydroxyl groups is 6. The number of aliphatic hydroxyl groups excluding tert-OH is 2. The van der Waals surface area contributed by atoms with Gasteiger partial charge in [-0.3, -0.25) is 14.4 Å². The fraction of sp³-hybridized carbons (Fsp3) is 0.236. The number of ether oxygens (including phenoxy) is 1. The van der Waals surface area contributed by atoms with E-state index >= 15 is 0 Å². The number of benzene rings is 9. The van der Waals surface area contributed by atoms with Crippen molar-refractivity contribution >= 4 is 58.3 Å². The summed E-state index contributed by atoms with van der Waals surface area (Å²) >= 11 is 0. The topological polar surface area (TPSA) is 579 Å². The summed E-state index contributed by atoms with van der Waals surface area (Å²) in [7, 11) is 5.52. The van der Waals surface area contributed by atoms with Crippen LogP contribution in [0.3, 0.4) is 0 Å². The van der Waals surface area contributed by atoms with Gasteiger partial charge in [0.25, 0.3) is 11.8 Å². The number of amides is 3. The van der Waals surface area contributed by atoms with Crippen molar-refractivity contribution < 1.29 is 60.0 Å². The second-order valence-corrected chi connectivity index (χ2v) is 36.2. The lowest BCUT2D eigenvalue weighted by Crippen LogP contribution is -2.54. The minimum absolute atomic E-state index is 0.00498. The lowest BCUT2D eigenvalue weighted by Gasteiger charge is -2.41. The lowest BCUT2D eigenvalue weighted by atomic mass is 9.97. The Bertz CT molecular complexity index is 7240. The fourth-order valence-electron chi connectivity index (χ4n) is 17.7. The number of likely N-dealkylation sites (tertiary alicyclic amines) is 2. The van der Waals surface area contributed by atoms with E-state index in [1.165, 1.54) is 17.0 Å². The molecule has 16 aromatic rings. The third-order valence-electron chi connectivity index (χ3n) is 25.7. The zero-order valence-corrected chi connectivity index (χ0v) is 82.2. The maximum atomic E-state index is 12.8. The molecule has 4 aliphatic rings. The first-order chi connectivity index (χ1) is 71.5. The van der Waals surface area contributed by atoms with Gasteiger partial charge in [-0.15, -0.1) is 61.2 Å². The van der Waals surface area contributed by atoms with Crippen molar-refractivity contribution in [2.24, 2.45) is 0 Å². The van der Waals surface area contributed by atoms with Gasteiger partial charge in [0.15, 0.2) is 29.0 Å². The average molecular weight is 2000 g/mol. The van der Waals surface area contributed by atoms with E-state index in [0.29, 0.717) is 158 Å². The number of piperazine rings is 1. The van der Waals surface area contributed by atoms with Crippen LogP contribution in [-0.4, -0.2) is 247 Å². The summed E-state index contributed by atoms with van der Waals surface area (Å²) in [5.74, 6) is 3.72. The molecule has 0 radical (unpaired) electrons. The van der Waals surface area contributed by atoms with Crippen LogP contribution < -0.4 is 49.4 Å². The second-order valence-electron chi connectivity index (χ2n) is 36.2. The highest BCUT2D eigenvalue weighted by atomic mass is 16.5. The molecule has 9 aromatic carbocycles. The molecular formula is C110H118N26O12. The molecule has 3 amide bonds. The maximum Gasteiger partial charge on any atom is 0.254 e. The van der Waals surface area contributed by atoms with E-state index in [-0.39, 0.29) is 99.8 Å². The summed E-state index contributed by atoms with van der Waals surface area (Å²) < 4.78 is 7.82. The number of aromatic nitrogens is 14. The van der Waals surface area contributed by atoms with E-state index in [1.54, 1.807) is 158 Å². The molecule has 20 rings (SSSR count). The Kier molecular flexibility index (Phi) is 34.5. The van der Waals surface area contributed by atoms with Gasteiger partial charge in [-0.1, -0.05) is 140 Å². The van der Waals surface area contributed by atoms with Crippen LogP contribution in [0.5, 0.6) is 40.2 Å². The number of likely N-dealkylation sites (N-methyl/N-ethyl adjacent to an activating group) is 2. The largest absolute Gasteiger partial charge is 0.507 e. The number of phenols is 6. The smallest absolute Gasteiger partial charge is 0.254 e. The number of piperidine rings is 1. The van der Waals surface area contributed by atoms with Crippen LogP contribution in [0.4, 0.5) is 40.6 Å². The molecule has 0 saturated carbocycles. The SMILES string of the molecule is CC(C(=O)N(C)C)n1cnc(-c2cc(-c3ccccc3O)nnc2N)c1.CC1CN(c2cc(-c3ccccc3O)nnc2N)CCN1C(=O)c1ccccc1.CN1CCC(c2cc(-c3ccccc3O)nnc2N)C1.Nc1nnc(-c2ccccc2O)cc1C1CCNC1.Nc1nnc(-c2ccccc2O)cc1OC1CCCN(C(=O)c2ccccc2)C1.Nc1nnc(-c2ccccc2O)cc1[C@@H](O)[C@H](O)Cc1ccccc1. The normalized spacial score (nSPS) is 15.8. The summed E-state index contributed by atoms with van der Waals surface area (Å²) in [5, 5.41) is 133. The van der Waals surface area contributed by atoms with Crippen LogP contribution >= 0.6 is 0 Å². The number of phenolic OH excluding ortho intramolecular Hbond substituents is 6. The van der Waals surface area contributed by atoms with E-state index in [4.69, 9.17) is 39.1 Å². The third-order valence-corrected chi connectivity index (χ3v) is 25.7. The maximum absolute atomic E-state index is 12.8. The highest BCUT2D eigenvalue weighted by Gasteiger charge is 2.33. The number of nitrogens with two attached hydrogens (primary N) is 6. The van der Waals surface area contributed by atoms with Crippen LogP contribution in [0, 0.1) is 0 Å². The number of para-hydroxylation sites is 6. The summed E-state index contributed by atoms with van der Waals surface area (Å²) in [6, 6.07) is 79.9. The van der Waals surface area contributed by atoms with Gasteiger partial charge in [-0.05, 0) is 193 Å². The van der Waals surface area contributed by atoms with Gasteiger partial charge in [-0.25, -0.2) is 4.98 Å². The zero-order chi connectivity index (χ0) is 105. The Morgan fingerprint density at radius 1 is 0.432 bits per heavy atom. The molecule has 38 nitrogen and oxygen atoms in total. The molecule has 0 bridgehead atoms. The molecule has 11 heterocycles. The van der Waals surface area contributed by atoms with Crippen LogP contribution in [-0.2, 0) is 11.2 Å². The summed E-state index contributed by atoms with van der Waals surface area (Å²) in [4.78, 5) is 51.7. The van der Waals surface area contributed by atoms with E-state index in [0.717, 1.165) is 74.2 Å². The van der Waals surface area contributed by atoms with Crippen molar-refractivity contribution in [1.82, 2.24) is 95.7 Å². The molecule has 4 fully saturated rings. The first-order valence-corrected chi connectivity index (χ1v) is 48.2. The van der Waals surface area contributed by atoms with Crippen LogP contribution in [0.2, 0.25) is 0 Å². The Labute approximate surface area is 854 Å². The third kappa shape index (κ3) is 26.0. The number of hydrogen-bond donors (Lipinski definition) is 15. The van der Waals surface area contributed by atoms with Gasteiger partial charge in [0.05, 0.1) is 58.8 Å². The van der Waals surface area contributed by atoms with Gasteiger partial charge >= 0.3 is 0 Å². The van der Waals surface area contributed by atoms with E-state index < -0.39 is 12.2 Å². The van der Waals surface area contributed by atoms with Crippen molar-refractivity contribution in [1.29, 1.82) is 0 Å². The van der Waals surface area contributed by atoms with Crippen LogP contribution in [0.1, 0.15) is 106 Å². The van der Waals surface area contributed by atoms with Crippen molar-refractivity contribution in [3.8, 4) is 119 Å². The number of nitrogens with one attached hydrogen (secondary N) is 1. The number of anilines is 7. The van der Waals surface area contributed by atoms with Gasteiger partial charge < -0.3 is 114 Å². The number of imidazole rings is 1. The molecule has 0 aliphatic carbocycles. The molecule has 760 valence electrons. The molecule has 4 saturated heterocycles. The fourth-order valence-corrected chi connectivity index (χ4v) is 17.7. The van der Waals surface area contributed by atoms with Crippen LogP contribution in [0.25, 0.3) is 78.8 Å². The minimum atomic E-state index is -1.22. The predicted molar refractivity (Wildman–Crippen MR) is 567 cm³/mol. The molecule has 7 aromatic heterocycles. The summed E-state index contributed by atoms with van der Waals surface area (Å²) in [5.41, 5.74) is 49.0. The molecule has 21 N–H and O–H groups in total. The minimum Gasteiger partial charge on any atom is -0.507 e. The van der Waals surface area contributed by atoms with Gasteiger partial charge in [0.2, 0.25) is 5.91 Å². The lowest BCUT2D eigenvalue weighted by molar-refractivity contribution is -0.131. The molecule has 5 unspecified atom stereocenters. The van der Waals surface area contributed by atoms with Crippen LogP contribution in [0.15, 0.2) is 286 Å². The first-order valence-electron chi connectivity index (χ1n) is 48.2. The predicted octanol–water partition coefficient (Wildman–Crippen LogP) is 13.3.